The SMILES string of the molecule is CCN(CC)C(=O)N[C@H]1C[C@@H]2c3cc(C(C)O)cc4[nH]c(C)c(c34)C[C@H]2N(C)C1. The molecule has 3 N–H and O–H groups in total. The van der Waals surface area contributed by atoms with Gasteiger partial charge in [-0.1, -0.05) is 6.07 Å². The number of piperidine rings is 1. The molecule has 1 aromatic carbocycles. The lowest BCUT2D eigenvalue weighted by molar-refractivity contribution is 0.123. The molecule has 1 unspecified atom stereocenters. The van der Waals surface area contributed by atoms with E-state index in [0.717, 1.165) is 43.6 Å². The van der Waals surface area contributed by atoms with Crippen molar-refractivity contribution in [3.05, 3.63) is 34.5 Å². The van der Waals surface area contributed by atoms with Crippen LogP contribution in [0.4, 0.5) is 4.79 Å². The molecular weight excluding hydrogens is 364 g/mol. The van der Waals surface area contributed by atoms with Gasteiger partial charge in [-0.2, -0.15) is 0 Å². The summed E-state index contributed by atoms with van der Waals surface area (Å²) in [4.78, 5) is 20.4. The first kappa shape index (κ1) is 20.2. The number of benzene rings is 1. The number of likely N-dealkylation sites (N-methyl/N-ethyl adjacent to an activating group) is 1. The van der Waals surface area contributed by atoms with Crippen molar-refractivity contribution in [2.24, 2.45) is 0 Å². The van der Waals surface area contributed by atoms with Crippen molar-refractivity contribution in [2.45, 2.75) is 64.6 Å². The Bertz CT molecular complexity index is 915. The van der Waals surface area contributed by atoms with Crippen molar-refractivity contribution in [1.29, 1.82) is 0 Å². The van der Waals surface area contributed by atoms with Crippen LogP contribution in [0.15, 0.2) is 12.1 Å². The standard InChI is InChI=1S/C23H34N4O2/c1-6-27(7-2)23(29)25-16-10-18-19-8-15(14(4)28)9-20-22(19)17(13(3)24-20)11-21(18)26(5)12-16/h8-9,14,16,18,21,24,28H,6-7,10-12H2,1-5H3,(H,25,29)/t14?,16-,18+,21+/m0/s1. The molecule has 4 atom stereocenters. The fourth-order valence-electron chi connectivity index (χ4n) is 5.43. The van der Waals surface area contributed by atoms with Crippen molar-refractivity contribution < 1.29 is 9.90 Å². The molecule has 1 fully saturated rings. The monoisotopic (exact) mass is 398 g/mol. The summed E-state index contributed by atoms with van der Waals surface area (Å²) in [6, 6.07) is 4.87. The predicted octanol–water partition coefficient (Wildman–Crippen LogP) is 3.29. The zero-order chi connectivity index (χ0) is 20.9. The van der Waals surface area contributed by atoms with E-state index in [4.69, 9.17) is 0 Å². The van der Waals surface area contributed by atoms with Crippen LogP contribution in [0.25, 0.3) is 10.9 Å². The molecule has 2 amide bonds. The Balaban J connectivity index is 1.70. The lowest BCUT2D eigenvalue weighted by atomic mass is 9.73. The lowest BCUT2D eigenvalue weighted by Crippen LogP contribution is -2.56. The maximum absolute atomic E-state index is 12.6. The second kappa shape index (κ2) is 7.65. The molecule has 158 valence electrons. The molecule has 4 rings (SSSR count). The summed E-state index contributed by atoms with van der Waals surface area (Å²) < 4.78 is 0. The number of H-pyrrole nitrogens is 1. The Hall–Kier alpha value is -2.05. The summed E-state index contributed by atoms with van der Waals surface area (Å²) in [5, 5.41) is 14.8. The number of aromatic amines is 1. The van der Waals surface area contributed by atoms with Crippen LogP contribution in [0.3, 0.4) is 0 Å². The number of aliphatic hydroxyl groups is 1. The third-order valence-electron chi connectivity index (χ3n) is 7.02. The first-order chi connectivity index (χ1) is 13.8. The van der Waals surface area contributed by atoms with Gasteiger partial charge in [-0.15, -0.1) is 0 Å². The van der Waals surface area contributed by atoms with Gasteiger partial charge in [-0.3, -0.25) is 0 Å². The van der Waals surface area contributed by atoms with Crippen LogP contribution in [0.5, 0.6) is 0 Å². The number of aliphatic hydroxyl groups excluding tert-OH is 1. The number of aryl methyl sites for hydroxylation is 1. The lowest BCUT2D eigenvalue weighted by Gasteiger charge is -2.46. The van der Waals surface area contributed by atoms with Crippen LogP contribution in [0.1, 0.15) is 61.6 Å². The highest BCUT2D eigenvalue weighted by Crippen LogP contribution is 2.45. The quantitative estimate of drug-likeness (QED) is 0.740. The molecule has 2 heterocycles. The van der Waals surface area contributed by atoms with Crippen LogP contribution >= 0.6 is 0 Å². The van der Waals surface area contributed by atoms with Gasteiger partial charge in [0.1, 0.15) is 0 Å². The summed E-state index contributed by atoms with van der Waals surface area (Å²) in [6.45, 7) is 10.3. The molecule has 29 heavy (non-hydrogen) atoms. The Morgan fingerprint density at radius 1 is 1.38 bits per heavy atom. The van der Waals surface area contributed by atoms with Crippen LogP contribution in [0, 0.1) is 6.92 Å². The first-order valence-electron chi connectivity index (χ1n) is 10.9. The molecule has 0 spiro atoms. The van der Waals surface area contributed by atoms with Gasteiger partial charge in [-0.25, -0.2) is 4.79 Å². The zero-order valence-electron chi connectivity index (χ0n) is 18.2. The van der Waals surface area contributed by atoms with Gasteiger partial charge in [0.25, 0.3) is 0 Å². The van der Waals surface area contributed by atoms with E-state index in [2.05, 4.69) is 41.3 Å². The number of hydrogen-bond acceptors (Lipinski definition) is 3. The Labute approximate surface area is 173 Å². The van der Waals surface area contributed by atoms with E-state index in [0.29, 0.717) is 12.0 Å². The summed E-state index contributed by atoms with van der Waals surface area (Å²) in [7, 11) is 2.18. The average molecular weight is 399 g/mol. The number of nitrogens with zero attached hydrogens (tertiary/aromatic N) is 2. The van der Waals surface area contributed by atoms with Gasteiger partial charge in [0.15, 0.2) is 0 Å². The number of amides is 2. The maximum Gasteiger partial charge on any atom is 0.317 e. The van der Waals surface area contributed by atoms with Gasteiger partial charge in [0.05, 0.1) is 6.10 Å². The number of carbonyl (C=O) groups is 1. The van der Waals surface area contributed by atoms with Crippen LogP contribution in [-0.2, 0) is 6.42 Å². The molecule has 0 radical (unpaired) electrons. The van der Waals surface area contributed by atoms with Crippen molar-refractivity contribution in [3.63, 3.8) is 0 Å². The van der Waals surface area contributed by atoms with E-state index in [9.17, 15) is 9.90 Å². The number of likely N-dealkylation sites (tertiary alicyclic amines) is 1. The fourth-order valence-corrected chi connectivity index (χ4v) is 5.43. The normalized spacial score (nSPS) is 25.0. The average Bonchev–Trinajstić information content (AvgIpc) is 2.99. The summed E-state index contributed by atoms with van der Waals surface area (Å²) in [5.41, 5.74) is 6.04. The molecule has 1 aromatic heterocycles. The van der Waals surface area contributed by atoms with E-state index in [1.54, 1.807) is 0 Å². The topological polar surface area (TPSA) is 71.6 Å². The fraction of sp³-hybridized carbons (Fsp3) is 0.609. The molecule has 1 aliphatic carbocycles. The highest BCUT2D eigenvalue weighted by Gasteiger charge is 2.41. The van der Waals surface area contributed by atoms with Crippen LogP contribution < -0.4 is 5.32 Å². The number of aromatic nitrogens is 1. The first-order valence-corrected chi connectivity index (χ1v) is 10.9. The van der Waals surface area contributed by atoms with Crippen molar-refractivity contribution in [3.8, 4) is 0 Å². The summed E-state index contributed by atoms with van der Waals surface area (Å²) in [6.07, 6.45) is 1.47. The van der Waals surface area contributed by atoms with Crippen molar-refractivity contribution in [1.82, 2.24) is 20.1 Å². The highest BCUT2D eigenvalue weighted by molar-refractivity contribution is 5.90. The Morgan fingerprint density at radius 3 is 2.76 bits per heavy atom. The zero-order valence-corrected chi connectivity index (χ0v) is 18.2. The summed E-state index contributed by atoms with van der Waals surface area (Å²) >= 11 is 0. The maximum atomic E-state index is 12.6. The molecule has 1 aliphatic heterocycles. The summed E-state index contributed by atoms with van der Waals surface area (Å²) in [5.74, 6) is 0.347. The van der Waals surface area contributed by atoms with Gasteiger partial charge in [0, 0.05) is 54.2 Å². The minimum absolute atomic E-state index is 0.0312. The predicted molar refractivity (Wildman–Crippen MR) is 116 cm³/mol. The van der Waals surface area contributed by atoms with Crippen LogP contribution in [0.2, 0.25) is 0 Å². The number of carbonyl (C=O) groups excluding carboxylic acids is 1. The number of rotatable bonds is 4. The van der Waals surface area contributed by atoms with Gasteiger partial charge >= 0.3 is 6.03 Å². The van der Waals surface area contributed by atoms with Gasteiger partial charge < -0.3 is 25.2 Å². The van der Waals surface area contributed by atoms with Gasteiger partial charge in [-0.05, 0) is 70.3 Å². The smallest absolute Gasteiger partial charge is 0.317 e. The van der Waals surface area contributed by atoms with E-state index in [1.807, 2.05) is 25.7 Å². The molecule has 2 aromatic rings. The highest BCUT2D eigenvalue weighted by atomic mass is 16.3. The number of nitrogens with one attached hydrogen (secondary N) is 2. The van der Waals surface area contributed by atoms with Gasteiger partial charge in [0.2, 0.25) is 0 Å². The molecule has 1 saturated heterocycles. The molecular formula is C23H34N4O2. The largest absolute Gasteiger partial charge is 0.389 e. The molecule has 2 aliphatic rings. The minimum atomic E-state index is -0.498. The molecule has 0 bridgehead atoms. The third kappa shape index (κ3) is 3.42. The van der Waals surface area contributed by atoms with E-state index < -0.39 is 6.10 Å². The number of hydrogen-bond donors (Lipinski definition) is 3. The van der Waals surface area contributed by atoms with Crippen LogP contribution in [-0.4, -0.2) is 64.7 Å². The molecule has 6 nitrogen and oxygen atoms in total. The third-order valence-corrected chi connectivity index (χ3v) is 7.02. The van der Waals surface area contributed by atoms with E-state index in [-0.39, 0.29) is 12.1 Å². The second-order valence-corrected chi connectivity index (χ2v) is 8.81. The van der Waals surface area contributed by atoms with E-state index >= 15 is 0 Å². The molecule has 0 saturated carbocycles. The Kier molecular flexibility index (Phi) is 5.34. The molecule has 6 heteroatoms. The van der Waals surface area contributed by atoms with Crippen molar-refractivity contribution >= 4 is 16.9 Å². The second-order valence-electron chi connectivity index (χ2n) is 8.81. The Morgan fingerprint density at radius 2 is 2.10 bits per heavy atom. The number of urea groups is 1. The van der Waals surface area contributed by atoms with E-state index in [1.165, 1.54) is 22.2 Å². The van der Waals surface area contributed by atoms with Crippen molar-refractivity contribution in [2.75, 3.05) is 26.7 Å². The number of fused-ring (bicyclic) bond motifs is 2. The minimum Gasteiger partial charge on any atom is -0.389 e.